The van der Waals surface area contributed by atoms with E-state index in [4.69, 9.17) is 4.74 Å². The van der Waals surface area contributed by atoms with Crippen molar-refractivity contribution in [1.82, 2.24) is 15.2 Å². The Labute approximate surface area is 126 Å². The van der Waals surface area contributed by atoms with Gasteiger partial charge in [-0.15, -0.1) is 0 Å². The minimum absolute atomic E-state index is 0.0124. The van der Waals surface area contributed by atoms with E-state index in [1.165, 1.54) is 0 Å². The summed E-state index contributed by atoms with van der Waals surface area (Å²) >= 11 is 0. The SMILES string of the molecule is CC[C@H](NC(=O)N1CCO[C@@](C)(CC)C1)c1ccncc1. The van der Waals surface area contributed by atoms with E-state index in [2.05, 4.69) is 31.1 Å². The summed E-state index contributed by atoms with van der Waals surface area (Å²) in [6, 6.07) is 3.91. The third kappa shape index (κ3) is 3.94. The van der Waals surface area contributed by atoms with Crippen LogP contribution >= 0.6 is 0 Å². The first-order valence-corrected chi connectivity index (χ1v) is 7.67. The Morgan fingerprint density at radius 3 is 2.81 bits per heavy atom. The summed E-state index contributed by atoms with van der Waals surface area (Å²) in [6.45, 7) is 8.11. The number of carbonyl (C=O) groups excluding carboxylic acids is 1. The van der Waals surface area contributed by atoms with Gasteiger partial charge in [0, 0.05) is 18.9 Å². The van der Waals surface area contributed by atoms with Crippen molar-refractivity contribution in [2.24, 2.45) is 0 Å². The third-order valence-electron chi connectivity index (χ3n) is 4.19. The minimum atomic E-state index is -0.228. The van der Waals surface area contributed by atoms with Gasteiger partial charge in [0.25, 0.3) is 0 Å². The first kappa shape index (κ1) is 15.8. The van der Waals surface area contributed by atoms with Gasteiger partial charge in [-0.3, -0.25) is 4.98 Å². The fourth-order valence-corrected chi connectivity index (χ4v) is 2.58. The van der Waals surface area contributed by atoms with E-state index in [1.807, 2.05) is 17.0 Å². The quantitative estimate of drug-likeness (QED) is 0.928. The van der Waals surface area contributed by atoms with Crippen LogP contribution in [-0.4, -0.2) is 41.2 Å². The average molecular weight is 291 g/mol. The van der Waals surface area contributed by atoms with E-state index in [1.54, 1.807) is 12.4 Å². The Bertz CT molecular complexity index is 466. The molecule has 2 rings (SSSR count). The fourth-order valence-electron chi connectivity index (χ4n) is 2.58. The predicted octanol–water partition coefficient (Wildman–Crippen LogP) is 2.74. The summed E-state index contributed by atoms with van der Waals surface area (Å²) in [5.74, 6) is 0. The molecule has 21 heavy (non-hydrogen) atoms. The molecular weight excluding hydrogens is 266 g/mol. The molecule has 0 saturated carbocycles. The largest absolute Gasteiger partial charge is 0.372 e. The van der Waals surface area contributed by atoms with Gasteiger partial charge in [-0.1, -0.05) is 13.8 Å². The highest BCUT2D eigenvalue weighted by Crippen LogP contribution is 2.22. The summed E-state index contributed by atoms with van der Waals surface area (Å²) in [6.07, 6.45) is 5.27. The van der Waals surface area contributed by atoms with Gasteiger partial charge in [0.15, 0.2) is 0 Å². The molecule has 0 aliphatic carbocycles. The van der Waals surface area contributed by atoms with Crippen molar-refractivity contribution >= 4 is 6.03 Å². The molecule has 1 fully saturated rings. The lowest BCUT2D eigenvalue weighted by Crippen LogP contribution is -2.54. The van der Waals surface area contributed by atoms with E-state index in [0.29, 0.717) is 19.7 Å². The molecule has 1 saturated heterocycles. The van der Waals surface area contributed by atoms with Gasteiger partial charge in [-0.2, -0.15) is 0 Å². The number of morpholine rings is 1. The third-order valence-corrected chi connectivity index (χ3v) is 4.19. The molecule has 1 N–H and O–H groups in total. The molecule has 5 nitrogen and oxygen atoms in total. The highest BCUT2D eigenvalue weighted by molar-refractivity contribution is 5.75. The molecule has 2 heterocycles. The number of hydrogen-bond donors (Lipinski definition) is 1. The Balaban J connectivity index is 2.00. The van der Waals surface area contributed by atoms with Gasteiger partial charge in [0.2, 0.25) is 0 Å². The second-order valence-corrected chi connectivity index (χ2v) is 5.76. The summed E-state index contributed by atoms with van der Waals surface area (Å²) in [5, 5.41) is 3.12. The van der Waals surface area contributed by atoms with Crippen LogP contribution in [0.2, 0.25) is 0 Å². The number of carbonyl (C=O) groups is 1. The molecule has 1 aliphatic rings. The number of urea groups is 1. The van der Waals surface area contributed by atoms with Crippen LogP contribution in [0, 0.1) is 0 Å². The maximum atomic E-state index is 12.5. The lowest BCUT2D eigenvalue weighted by atomic mass is 10.0. The summed E-state index contributed by atoms with van der Waals surface area (Å²) < 4.78 is 5.78. The van der Waals surface area contributed by atoms with Crippen LogP contribution in [0.1, 0.15) is 45.2 Å². The number of hydrogen-bond acceptors (Lipinski definition) is 3. The van der Waals surface area contributed by atoms with E-state index >= 15 is 0 Å². The first-order chi connectivity index (χ1) is 10.1. The molecule has 0 spiro atoms. The molecule has 2 atom stereocenters. The van der Waals surface area contributed by atoms with Crippen molar-refractivity contribution in [1.29, 1.82) is 0 Å². The van der Waals surface area contributed by atoms with Crippen LogP contribution in [0.15, 0.2) is 24.5 Å². The highest BCUT2D eigenvalue weighted by Gasteiger charge is 2.33. The maximum absolute atomic E-state index is 12.5. The van der Waals surface area contributed by atoms with Crippen LogP contribution in [0.3, 0.4) is 0 Å². The minimum Gasteiger partial charge on any atom is -0.372 e. The molecule has 0 bridgehead atoms. The Morgan fingerprint density at radius 1 is 1.48 bits per heavy atom. The predicted molar refractivity (Wildman–Crippen MR) is 82.0 cm³/mol. The van der Waals surface area contributed by atoms with Crippen LogP contribution in [0.25, 0.3) is 0 Å². The van der Waals surface area contributed by atoms with Crippen LogP contribution in [0.5, 0.6) is 0 Å². The fraction of sp³-hybridized carbons (Fsp3) is 0.625. The van der Waals surface area contributed by atoms with E-state index < -0.39 is 0 Å². The Kier molecular flexibility index (Phi) is 5.17. The van der Waals surface area contributed by atoms with Crippen molar-refractivity contribution < 1.29 is 9.53 Å². The highest BCUT2D eigenvalue weighted by atomic mass is 16.5. The number of pyridine rings is 1. The maximum Gasteiger partial charge on any atom is 0.318 e. The molecular formula is C16H25N3O2. The number of rotatable bonds is 4. The van der Waals surface area contributed by atoms with E-state index in [-0.39, 0.29) is 17.7 Å². The molecule has 2 amide bonds. The lowest BCUT2D eigenvalue weighted by molar-refractivity contribution is -0.0874. The zero-order chi connectivity index (χ0) is 15.3. The van der Waals surface area contributed by atoms with E-state index in [9.17, 15) is 4.79 Å². The summed E-state index contributed by atoms with van der Waals surface area (Å²) in [4.78, 5) is 18.4. The Morgan fingerprint density at radius 2 is 2.19 bits per heavy atom. The molecule has 1 aromatic heterocycles. The topological polar surface area (TPSA) is 54.5 Å². The molecule has 0 radical (unpaired) electrons. The lowest BCUT2D eigenvalue weighted by Gasteiger charge is -2.40. The van der Waals surface area contributed by atoms with Crippen molar-refractivity contribution in [2.45, 2.75) is 45.3 Å². The Hall–Kier alpha value is -1.62. The van der Waals surface area contributed by atoms with Crippen LogP contribution in [0.4, 0.5) is 4.79 Å². The zero-order valence-electron chi connectivity index (χ0n) is 13.1. The van der Waals surface area contributed by atoms with Gasteiger partial charge >= 0.3 is 6.03 Å². The number of nitrogens with one attached hydrogen (secondary N) is 1. The van der Waals surface area contributed by atoms with Crippen LogP contribution in [-0.2, 0) is 4.74 Å². The van der Waals surface area contributed by atoms with Crippen molar-refractivity contribution in [3.05, 3.63) is 30.1 Å². The zero-order valence-corrected chi connectivity index (χ0v) is 13.1. The summed E-state index contributed by atoms with van der Waals surface area (Å²) in [7, 11) is 0. The van der Waals surface area contributed by atoms with Crippen molar-refractivity contribution in [2.75, 3.05) is 19.7 Å². The molecule has 0 unspecified atom stereocenters. The molecule has 1 aliphatic heterocycles. The van der Waals surface area contributed by atoms with Gasteiger partial charge < -0.3 is 15.0 Å². The molecule has 116 valence electrons. The number of ether oxygens (including phenoxy) is 1. The molecule has 0 aromatic carbocycles. The number of nitrogens with zero attached hydrogens (tertiary/aromatic N) is 2. The standard InChI is InChI=1S/C16H25N3O2/c1-4-14(13-6-8-17-9-7-13)18-15(20)19-10-11-21-16(3,5-2)12-19/h6-9,14H,4-5,10-12H2,1-3H3,(H,18,20)/t14-,16-/m0/s1. The smallest absolute Gasteiger partial charge is 0.318 e. The van der Waals surface area contributed by atoms with Gasteiger partial charge in [-0.25, -0.2) is 4.79 Å². The normalized spacial score (nSPS) is 23.7. The van der Waals surface area contributed by atoms with Crippen molar-refractivity contribution in [3.63, 3.8) is 0 Å². The van der Waals surface area contributed by atoms with Crippen molar-refractivity contribution in [3.8, 4) is 0 Å². The van der Waals surface area contributed by atoms with E-state index in [0.717, 1.165) is 18.4 Å². The summed E-state index contributed by atoms with van der Waals surface area (Å²) in [5.41, 5.74) is 0.862. The second-order valence-electron chi connectivity index (χ2n) is 5.76. The number of aromatic nitrogens is 1. The van der Waals surface area contributed by atoms with Gasteiger partial charge in [-0.05, 0) is 37.5 Å². The van der Waals surface area contributed by atoms with Gasteiger partial charge in [0.05, 0.1) is 24.8 Å². The van der Waals surface area contributed by atoms with Crippen LogP contribution < -0.4 is 5.32 Å². The molecule has 1 aromatic rings. The first-order valence-electron chi connectivity index (χ1n) is 7.67. The number of amides is 2. The van der Waals surface area contributed by atoms with Gasteiger partial charge in [0.1, 0.15) is 0 Å². The average Bonchev–Trinajstić information content (AvgIpc) is 2.53. The second kappa shape index (κ2) is 6.89. The molecule has 5 heteroatoms. The monoisotopic (exact) mass is 291 g/mol.